The molecule has 3 bridgehead atoms. The SMILES string of the molecule is COC(=O)C1C2CC3C4N(C)c5ccccc5C14CCN3CC21OC1C. The minimum atomic E-state index is -0.151. The van der Waals surface area contributed by atoms with Crippen molar-refractivity contribution in [3.05, 3.63) is 29.8 Å². The lowest BCUT2D eigenvalue weighted by Crippen LogP contribution is -2.76. The Labute approximate surface area is 154 Å². The molecule has 1 spiro atoms. The molecule has 6 rings (SSSR count). The highest BCUT2D eigenvalue weighted by atomic mass is 16.6. The van der Waals surface area contributed by atoms with Gasteiger partial charge in [0.25, 0.3) is 0 Å². The molecule has 1 aromatic carbocycles. The van der Waals surface area contributed by atoms with E-state index in [-0.39, 0.29) is 34.9 Å². The molecule has 0 aromatic heterocycles. The molecule has 26 heavy (non-hydrogen) atoms. The maximum atomic E-state index is 13.2. The Hall–Kier alpha value is -1.59. The van der Waals surface area contributed by atoms with E-state index in [1.165, 1.54) is 11.3 Å². The van der Waals surface area contributed by atoms with Gasteiger partial charge in [0.2, 0.25) is 0 Å². The molecule has 7 atom stereocenters. The Kier molecular flexibility index (Phi) is 2.75. The lowest BCUT2D eigenvalue weighted by atomic mass is 9.48. The number of nitrogens with zero attached hydrogens (tertiary/aromatic N) is 2. The number of anilines is 1. The number of piperidine rings is 2. The molecule has 1 aliphatic carbocycles. The molecule has 1 saturated carbocycles. The lowest BCUT2D eigenvalue weighted by Gasteiger charge is -2.64. The van der Waals surface area contributed by atoms with Crippen LogP contribution in [0.2, 0.25) is 0 Å². The third-order valence-corrected chi connectivity index (χ3v) is 8.39. The van der Waals surface area contributed by atoms with Crippen LogP contribution in [-0.4, -0.2) is 61.9 Å². The van der Waals surface area contributed by atoms with Crippen molar-refractivity contribution in [2.24, 2.45) is 11.8 Å². The van der Waals surface area contributed by atoms with Gasteiger partial charge < -0.3 is 14.4 Å². The summed E-state index contributed by atoms with van der Waals surface area (Å²) < 4.78 is 11.6. The number of likely N-dealkylation sites (N-methyl/N-ethyl adjacent to an activating group) is 1. The van der Waals surface area contributed by atoms with Crippen molar-refractivity contribution in [3.8, 4) is 0 Å². The molecule has 5 aliphatic rings. The van der Waals surface area contributed by atoms with Crippen LogP contribution >= 0.6 is 0 Å². The zero-order valence-electron chi connectivity index (χ0n) is 15.6. The zero-order chi connectivity index (χ0) is 17.8. The predicted molar refractivity (Wildman–Crippen MR) is 97.2 cm³/mol. The summed E-state index contributed by atoms with van der Waals surface area (Å²) in [5.41, 5.74) is 2.34. The molecule has 0 radical (unpaired) electrons. The van der Waals surface area contributed by atoms with Gasteiger partial charge in [-0.15, -0.1) is 0 Å². The smallest absolute Gasteiger partial charge is 0.310 e. The fraction of sp³-hybridized carbons (Fsp3) is 0.667. The average molecular weight is 354 g/mol. The highest BCUT2D eigenvalue weighted by Gasteiger charge is 2.76. The van der Waals surface area contributed by atoms with Crippen molar-refractivity contribution < 1.29 is 14.3 Å². The molecule has 5 nitrogen and oxygen atoms in total. The minimum absolute atomic E-state index is 0.0408. The number of carbonyl (C=O) groups is 1. The Morgan fingerprint density at radius 1 is 1.35 bits per heavy atom. The van der Waals surface area contributed by atoms with Crippen LogP contribution in [0.3, 0.4) is 0 Å². The highest BCUT2D eigenvalue weighted by Crippen LogP contribution is 2.67. The summed E-state index contributed by atoms with van der Waals surface area (Å²) in [6.45, 7) is 4.18. The quantitative estimate of drug-likeness (QED) is 0.568. The topological polar surface area (TPSA) is 45.3 Å². The first-order valence-corrected chi connectivity index (χ1v) is 9.86. The van der Waals surface area contributed by atoms with Crippen LogP contribution in [0, 0.1) is 11.8 Å². The van der Waals surface area contributed by atoms with E-state index in [0.717, 1.165) is 25.9 Å². The number of fused-ring (bicyclic) bond motifs is 3. The average Bonchev–Trinajstić information content (AvgIpc) is 3.21. The molecule has 1 aromatic rings. The monoisotopic (exact) mass is 354 g/mol. The number of hydrogen-bond acceptors (Lipinski definition) is 5. The van der Waals surface area contributed by atoms with Crippen LogP contribution in [-0.2, 0) is 19.7 Å². The molecule has 3 saturated heterocycles. The molecule has 4 heterocycles. The molecule has 4 aliphatic heterocycles. The van der Waals surface area contributed by atoms with Crippen molar-refractivity contribution in [2.75, 3.05) is 32.1 Å². The van der Waals surface area contributed by atoms with Gasteiger partial charge in [0.15, 0.2) is 0 Å². The zero-order valence-corrected chi connectivity index (χ0v) is 15.6. The summed E-state index contributed by atoms with van der Waals surface area (Å²) in [4.78, 5) is 18.3. The van der Waals surface area contributed by atoms with Crippen molar-refractivity contribution in [2.45, 2.75) is 49.0 Å². The number of benzene rings is 1. The largest absolute Gasteiger partial charge is 0.469 e. The van der Waals surface area contributed by atoms with Gasteiger partial charge in [-0.3, -0.25) is 9.69 Å². The van der Waals surface area contributed by atoms with Crippen LogP contribution in [0.15, 0.2) is 24.3 Å². The summed E-state index contributed by atoms with van der Waals surface area (Å²) in [6.07, 6.45) is 2.30. The van der Waals surface area contributed by atoms with E-state index < -0.39 is 0 Å². The molecular formula is C21H26N2O3. The van der Waals surface area contributed by atoms with Gasteiger partial charge in [0.05, 0.1) is 25.2 Å². The normalized spacial score (nSPS) is 47.7. The van der Waals surface area contributed by atoms with Crippen molar-refractivity contribution in [1.29, 1.82) is 0 Å². The van der Waals surface area contributed by atoms with E-state index in [0.29, 0.717) is 12.1 Å². The third kappa shape index (κ3) is 1.48. The van der Waals surface area contributed by atoms with Crippen LogP contribution in [0.5, 0.6) is 0 Å². The standard InChI is InChI=1S/C21H26N2O3/c1-12-21(26-12)11-23-9-8-20-13-6-4-5-7-15(13)22(2)18(20)16(23)10-14(21)17(20)19(24)25-3/h4-7,12,14,16-18H,8-11H2,1-3H3. The van der Waals surface area contributed by atoms with Crippen LogP contribution < -0.4 is 4.90 Å². The highest BCUT2D eigenvalue weighted by molar-refractivity contribution is 5.80. The Bertz CT molecular complexity index is 812. The third-order valence-electron chi connectivity index (χ3n) is 8.39. The summed E-state index contributed by atoms with van der Waals surface area (Å²) in [5, 5.41) is 0. The summed E-state index contributed by atoms with van der Waals surface area (Å²) in [6, 6.07) is 9.55. The maximum absolute atomic E-state index is 13.2. The second-order valence-electron chi connectivity index (χ2n) is 8.96. The summed E-state index contributed by atoms with van der Waals surface area (Å²) >= 11 is 0. The fourth-order valence-corrected chi connectivity index (χ4v) is 7.41. The number of rotatable bonds is 1. The van der Waals surface area contributed by atoms with Crippen molar-refractivity contribution in [3.63, 3.8) is 0 Å². The predicted octanol–water partition coefficient (Wildman–Crippen LogP) is 1.80. The number of carbonyl (C=O) groups excluding carboxylic acids is 1. The van der Waals surface area contributed by atoms with E-state index in [9.17, 15) is 4.79 Å². The van der Waals surface area contributed by atoms with Gasteiger partial charge in [-0.1, -0.05) is 18.2 Å². The van der Waals surface area contributed by atoms with Gasteiger partial charge in [-0.25, -0.2) is 0 Å². The summed E-state index contributed by atoms with van der Waals surface area (Å²) in [5.74, 6) is 0.0931. The number of epoxide rings is 1. The second-order valence-corrected chi connectivity index (χ2v) is 8.96. The number of hydrogen-bond donors (Lipinski definition) is 0. The van der Waals surface area contributed by atoms with Crippen LogP contribution in [0.25, 0.3) is 0 Å². The maximum Gasteiger partial charge on any atom is 0.310 e. The van der Waals surface area contributed by atoms with Gasteiger partial charge in [0, 0.05) is 36.7 Å². The van der Waals surface area contributed by atoms with Crippen LogP contribution in [0.1, 0.15) is 25.3 Å². The fourth-order valence-electron chi connectivity index (χ4n) is 7.41. The molecule has 7 unspecified atom stereocenters. The summed E-state index contributed by atoms with van der Waals surface area (Å²) in [7, 11) is 3.76. The second kappa shape index (κ2) is 4.63. The number of ether oxygens (including phenoxy) is 2. The molecular weight excluding hydrogens is 328 g/mol. The Morgan fingerprint density at radius 2 is 2.12 bits per heavy atom. The van der Waals surface area contributed by atoms with Gasteiger partial charge >= 0.3 is 5.97 Å². The van der Waals surface area contributed by atoms with E-state index in [2.05, 4.69) is 48.0 Å². The van der Waals surface area contributed by atoms with Crippen LogP contribution in [0.4, 0.5) is 5.69 Å². The molecule has 138 valence electrons. The molecule has 0 amide bonds. The minimum Gasteiger partial charge on any atom is -0.469 e. The van der Waals surface area contributed by atoms with E-state index in [1.807, 2.05) is 0 Å². The van der Waals surface area contributed by atoms with E-state index in [1.54, 1.807) is 7.11 Å². The molecule has 5 heteroatoms. The number of esters is 1. The van der Waals surface area contributed by atoms with E-state index in [4.69, 9.17) is 9.47 Å². The van der Waals surface area contributed by atoms with Crippen molar-refractivity contribution >= 4 is 11.7 Å². The Morgan fingerprint density at radius 3 is 2.85 bits per heavy atom. The molecule has 4 fully saturated rings. The first-order chi connectivity index (χ1) is 12.5. The lowest BCUT2D eigenvalue weighted by molar-refractivity contribution is -0.169. The van der Waals surface area contributed by atoms with Gasteiger partial charge in [0.1, 0.15) is 5.60 Å². The van der Waals surface area contributed by atoms with E-state index >= 15 is 0 Å². The van der Waals surface area contributed by atoms with Gasteiger partial charge in [-0.05, 0) is 37.9 Å². The number of para-hydroxylation sites is 1. The molecule has 0 N–H and O–H groups in total. The number of methoxy groups -OCH3 is 1. The van der Waals surface area contributed by atoms with Gasteiger partial charge in [-0.2, -0.15) is 0 Å². The first-order valence-electron chi connectivity index (χ1n) is 9.86. The van der Waals surface area contributed by atoms with Crippen molar-refractivity contribution in [1.82, 2.24) is 4.90 Å². The Balaban J connectivity index is 1.61. The first kappa shape index (κ1) is 15.5.